The number of nitrogens with two attached hydrogens (primary N) is 1. The SMILES string of the molecule is NC1CN(C(CC(=O)O)c2cccnc2)C1. The summed E-state index contributed by atoms with van der Waals surface area (Å²) in [6.07, 6.45) is 3.50. The van der Waals surface area contributed by atoms with Gasteiger partial charge in [-0.15, -0.1) is 0 Å². The third kappa shape index (κ3) is 2.37. The lowest BCUT2D eigenvalue weighted by molar-refractivity contribution is -0.139. The molecule has 1 fully saturated rings. The van der Waals surface area contributed by atoms with Crippen LogP contribution in [0.2, 0.25) is 0 Å². The largest absolute Gasteiger partial charge is 0.481 e. The lowest BCUT2D eigenvalue weighted by Crippen LogP contribution is -2.56. The van der Waals surface area contributed by atoms with Gasteiger partial charge >= 0.3 is 5.97 Å². The molecular formula is C11H15N3O2. The van der Waals surface area contributed by atoms with Crippen LogP contribution in [0.5, 0.6) is 0 Å². The molecule has 1 aromatic heterocycles. The molecule has 0 spiro atoms. The Morgan fingerprint density at radius 2 is 2.44 bits per heavy atom. The lowest BCUT2D eigenvalue weighted by Gasteiger charge is -2.42. The number of nitrogens with zero attached hydrogens (tertiary/aromatic N) is 2. The van der Waals surface area contributed by atoms with Gasteiger partial charge < -0.3 is 10.8 Å². The number of likely N-dealkylation sites (tertiary alicyclic amines) is 1. The van der Waals surface area contributed by atoms with Crippen LogP contribution < -0.4 is 5.73 Å². The molecule has 1 unspecified atom stereocenters. The van der Waals surface area contributed by atoms with Crippen molar-refractivity contribution in [3.8, 4) is 0 Å². The maximum Gasteiger partial charge on any atom is 0.305 e. The highest BCUT2D eigenvalue weighted by Gasteiger charge is 2.32. The van der Waals surface area contributed by atoms with E-state index in [0.29, 0.717) is 0 Å². The molecule has 0 radical (unpaired) electrons. The number of aromatic nitrogens is 1. The molecule has 1 aromatic rings. The van der Waals surface area contributed by atoms with Crippen molar-refractivity contribution in [1.29, 1.82) is 0 Å². The molecule has 2 heterocycles. The van der Waals surface area contributed by atoms with Crippen molar-refractivity contribution in [3.05, 3.63) is 30.1 Å². The Morgan fingerprint density at radius 1 is 1.69 bits per heavy atom. The van der Waals surface area contributed by atoms with Crippen LogP contribution in [0.25, 0.3) is 0 Å². The Bertz CT molecular complexity index is 363. The molecule has 0 aliphatic carbocycles. The van der Waals surface area contributed by atoms with E-state index in [4.69, 9.17) is 10.8 Å². The van der Waals surface area contributed by atoms with Gasteiger partial charge in [-0.05, 0) is 11.6 Å². The fourth-order valence-corrected chi connectivity index (χ4v) is 2.00. The van der Waals surface area contributed by atoms with Crippen molar-refractivity contribution in [2.45, 2.75) is 18.5 Å². The molecule has 2 rings (SSSR count). The number of carboxylic acids is 1. The van der Waals surface area contributed by atoms with Gasteiger partial charge in [0.25, 0.3) is 0 Å². The summed E-state index contributed by atoms with van der Waals surface area (Å²) in [5.41, 5.74) is 6.65. The van der Waals surface area contributed by atoms with Crippen LogP contribution in [-0.2, 0) is 4.79 Å². The number of hydrogen-bond donors (Lipinski definition) is 2. The topological polar surface area (TPSA) is 79.5 Å². The smallest absolute Gasteiger partial charge is 0.305 e. The average molecular weight is 221 g/mol. The van der Waals surface area contributed by atoms with Gasteiger partial charge in [0, 0.05) is 37.6 Å². The summed E-state index contributed by atoms with van der Waals surface area (Å²) >= 11 is 0. The molecule has 86 valence electrons. The van der Waals surface area contributed by atoms with E-state index in [1.54, 1.807) is 12.4 Å². The molecule has 1 aliphatic heterocycles. The van der Waals surface area contributed by atoms with Gasteiger partial charge in [-0.2, -0.15) is 0 Å². The van der Waals surface area contributed by atoms with Crippen LogP contribution in [0, 0.1) is 0 Å². The predicted molar refractivity (Wildman–Crippen MR) is 58.8 cm³/mol. The van der Waals surface area contributed by atoms with Gasteiger partial charge in [-0.1, -0.05) is 6.07 Å². The molecule has 3 N–H and O–H groups in total. The van der Waals surface area contributed by atoms with Crippen molar-refractivity contribution >= 4 is 5.97 Å². The third-order valence-corrected chi connectivity index (χ3v) is 2.82. The summed E-state index contributed by atoms with van der Waals surface area (Å²) in [7, 11) is 0. The first-order valence-corrected chi connectivity index (χ1v) is 5.28. The molecule has 5 heteroatoms. The second kappa shape index (κ2) is 4.59. The van der Waals surface area contributed by atoms with E-state index in [1.165, 1.54) is 0 Å². The van der Waals surface area contributed by atoms with Crippen LogP contribution in [0.4, 0.5) is 0 Å². The Hall–Kier alpha value is -1.46. The monoisotopic (exact) mass is 221 g/mol. The molecule has 0 saturated carbocycles. The molecular weight excluding hydrogens is 206 g/mol. The Morgan fingerprint density at radius 3 is 2.94 bits per heavy atom. The molecule has 1 atom stereocenters. The molecule has 1 aliphatic rings. The first-order valence-electron chi connectivity index (χ1n) is 5.28. The van der Waals surface area contributed by atoms with Gasteiger partial charge in [-0.25, -0.2) is 0 Å². The molecule has 5 nitrogen and oxygen atoms in total. The number of carboxylic acid groups (broad SMARTS) is 1. The summed E-state index contributed by atoms with van der Waals surface area (Å²) in [5.74, 6) is -0.797. The molecule has 16 heavy (non-hydrogen) atoms. The van der Waals surface area contributed by atoms with Gasteiger partial charge in [0.1, 0.15) is 0 Å². The maximum atomic E-state index is 10.8. The van der Waals surface area contributed by atoms with Crippen molar-refractivity contribution < 1.29 is 9.90 Å². The number of aliphatic carboxylic acids is 1. The number of pyridine rings is 1. The summed E-state index contributed by atoms with van der Waals surface area (Å²) in [6.45, 7) is 1.51. The highest BCUT2D eigenvalue weighted by Crippen LogP contribution is 2.27. The molecule has 0 bridgehead atoms. The molecule has 0 amide bonds. The van der Waals surface area contributed by atoms with Crippen molar-refractivity contribution in [3.63, 3.8) is 0 Å². The van der Waals surface area contributed by atoms with Gasteiger partial charge in [0.05, 0.1) is 6.42 Å². The minimum Gasteiger partial charge on any atom is -0.481 e. The summed E-state index contributed by atoms with van der Waals surface area (Å²) in [5, 5.41) is 8.90. The van der Waals surface area contributed by atoms with Gasteiger partial charge in [0.2, 0.25) is 0 Å². The van der Waals surface area contributed by atoms with Crippen LogP contribution in [0.15, 0.2) is 24.5 Å². The predicted octanol–water partition coefficient (Wildman–Crippen LogP) is 0.240. The van der Waals surface area contributed by atoms with Crippen LogP contribution in [0.1, 0.15) is 18.0 Å². The van der Waals surface area contributed by atoms with E-state index in [-0.39, 0.29) is 18.5 Å². The summed E-state index contributed by atoms with van der Waals surface area (Å²) in [4.78, 5) is 16.9. The van der Waals surface area contributed by atoms with Gasteiger partial charge in [0.15, 0.2) is 0 Å². The van der Waals surface area contributed by atoms with Crippen LogP contribution in [-0.4, -0.2) is 40.1 Å². The maximum absolute atomic E-state index is 10.8. The fraction of sp³-hybridized carbons (Fsp3) is 0.455. The zero-order valence-electron chi connectivity index (χ0n) is 8.91. The van der Waals surface area contributed by atoms with E-state index in [0.717, 1.165) is 18.7 Å². The average Bonchev–Trinajstić information content (AvgIpc) is 2.23. The Kier molecular flexibility index (Phi) is 3.17. The Balaban J connectivity index is 2.12. The van der Waals surface area contributed by atoms with Crippen LogP contribution >= 0.6 is 0 Å². The molecule has 1 saturated heterocycles. The summed E-state index contributed by atoms with van der Waals surface area (Å²) in [6, 6.07) is 3.80. The van der Waals surface area contributed by atoms with Gasteiger partial charge in [-0.3, -0.25) is 14.7 Å². The second-order valence-electron chi connectivity index (χ2n) is 4.11. The minimum absolute atomic E-state index is 0.0956. The highest BCUT2D eigenvalue weighted by atomic mass is 16.4. The quantitative estimate of drug-likeness (QED) is 0.761. The van der Waals surface area contributed by atoms with Crippen molar-refractivity contribution in [2.75, 3.05) is 13.1 Å². The fourth-order valence-electron chi connectivity index (χ4n) is 2.00. The van der Waals surface area contributed by atoms with Crippen molar-refractivity contribution in [2.24, 2.45) is 5.73 Å². The zero-order chi connectivity index (χ0) is 11.5. The number of rotatable bonds is 4. The summed E-state index contributed by atoms with van der Waals surface area (Å²) < 4.78 is 0. The molecule has 0 aromatic carbocycles. The van der Waals surface area contributed by atoms with E-state index in [1.807, 2.05) is 12.1 Å². The minimum atomic E-state index is -0.797. The normalized spacial score (nSPS) is 19.1. The number of hydrogen-bond acceptors (Lipinski definition) is 4. The van der Waals surface area contributed by atoms with E-state index in [9.17, 15) is 4.79 Å². The first-order chi connectivity index (χ1) is 7.66. The standard InChI is InChI=1S/C11H15N3O2/c12-9-6-14(7-9)10(4-11(15)16)8-2-1-3-13-5-8/h1-3,5,9-10H,4,6-7,12H2,(H,15,16). The third-order valence-electron chi connectivity index (χ3n) is 2.82. The van der Waals surface area contributed by atoms with E-state index < -0.39 is 5.97 Å². The lowest BCUT2D eigenvalue weighted by atomic mass is 9.98. The first kappa shape index (κ1) is 11.0. The zero-order valence-corrected chi connectivity index (χ0v) is 8.91. The Labute approximate surface area is 93.9 Å². The number of carbonyl (C=O) groups is 1. The second-order valence-corrected chi connectivity index (χ2v) is 4.11. The van der Waals surface area contributed by atoms with E-state index >= 15 is 0 Å². The highest BCUT2D eigenvalue weighted by molar-refractivity contribution is 5.68. The van der Waals surface area contributed by atoms with Crippen LogP contribution in [0.3, 0.4) is 0 Å². The van der Waals surface area contributed by atoms with E-state index in [2.05, 4.69) is 9.88 Å². The van der Waals surface area contributed by atoms with Crippen molar-refractivity contribution in [1.82, 2.24) is 9.88 Å².